The van der Waals surface area contributed by atoms with E-state index in [-0.39, 0.29) is 24.8 Å². The molecule has 0 bridgehead atoms. The summed E-state index contributed by atoms with van der Waals surface area (Å²) in [4.78, 5) is 28.7. The number of carbonyl (C=O) groups is 2. The molecule has 2 N–H and O–H groups in total. The summed E-state index contributed by atoms with van der Waals surface area (Å²) in [6.07, 6.45) is 2.02. The molecule has 1 aromatic carbocycles. The van der Waals surface area contributed by atoms with E-state index < -0.39 is 5.92 Å². The van der Waals surface area contributed by atoms with Crippen molar-refractivity contribution in [3.63, 3.8) is 0 Å². The Kier molecular flexibility index (Phi) is 5.22. The van der Waals surface area contributed by atoms with Crippen LogP contribution >= 0.6 is 11.8 Å². The third-order valence-corrected chi connectivity index (χ3v) is 4.36. The number of hydrogen-bond donors (Lipinski definition) is 2. The molecule has 25 heavy (non-hydrogen) atoms. The molecule has 0 fully saturated rings. The predicted molar refractivity (Wildman–Crippen MR) is 92.3 cm³/mol. The molecule has 1 aromatic heterocycles. The van der Waals surface area contributed by atoms with Crippen LogP contribution in [-0.2, 0) is 21.9 Å². The van der Waals surface area contributed by atoms with Crippen LogP contribution in [0.2, 0.25) is 0 Å². The van der Waals surface area contributed by atoms with Crippen LogP contribution in [0.15, 0.2) is 22.7 Å². The summed E-state index contributed by atoms with van der Waals surface area (Å²) in [5.41, 5.74) is 1.35. The van der Waals surface area contributed by atoms with Gasteiger partial charge in [0.05, 0.1) is 25.3 Å². The number of ether oxygens (including phenoxy) is 1. The SMILES string of the molecule is COc1ccc2c(c1)[C@H](C(=O)NCc1nc(CSC)no1)CC(=O)N2. The van der Waals surface area contributed by atoms with Gasteiger partial charge >= 0.3 is 0 Å². The van der Waals surface area contributed by atoms with Gasteiger partial charge in [0.2, 0.25) is 17.7 Å². The molecule has 1 atom stereocenters. The van der Waals surface area contributed by atoms with Gasteiger partial charge in [-0.1, -0.05) is 5.16 Å². The molecule has 2 amide bonds. The highest BCUT2D eigenvalue weighted by molar-refractivity contribution is 7.97. The Balaban J connectivity index is 1.72. The number of aromatic nitrogens is 2. The minimum Gasteiger partial charge on any atom is -0.497 e. The van der Waals surface area contributed by atoms with Crippen molar-refractivity contribution in [2.24, 2.45) is 0 Å². The van der Waals surface area contributed by atoms with Gasteiger partial charge in [-0.05, 0) is 30.0 Å². The van der Waals surface area contributed by atoms with Gasteiger partial charge in [-0.2, -0.15) is 16.7 Å². The normalized spacial score (nSPS) is 16.1. The summed E-state index contributed by atoms with van der Waals surface area (Å²) in [5.74, 6) is 1.14. The Bertz CT molecular complexity index is 792. The molecule has 0 saturated heterocycles. The maximum Gasteiger partial charge on any atom is 0.246 e. The molecule has 0 saturated carbocycles. The van der Waals surface area contributed by atoms with E-state index in [2.05, 4.69) is 20.8 Å². The van der Waals surface area contributed by atoms with Crippen molar-refractivity contribution in [2.45, 2.75) is 24.6 Å². The summed E-state index contributed by atoms with van der Waals surface area (Å²) in [7, 11) is 1.56. The molecule has 132 valence electrons. The van der Waals surface area contributed by atoms with Gasteiger partial charge in [-0.15, -0.1) is 0 Å². The molecule has 2 heterocycles. The number of carbonyl (C=O) groups excluding carboxylic acids is 2. The molecule has 1 aliphatic rings. The molecule has 0 radical (unpaired) electrons. The van der Waals surface area contributed by atoms with Crippen LogP contribution in [0.4, 0.5) is 5.69 Å². The Hall–Kier alpha value is -2.55. The Labute approximate surface area is 148 Å². The number of nitrogens with zero attached hydrogens (tertiary/aromatic N) is 2. The number of thioether (sulfide) groups is 1. The van der Waals surface area contributed by atoms with Crippen LogP contribution < -0.4 is 15.4 Å². The maximum atomic E-state index is 12.6. The predicted octanol–water partition coefficient (Wildman–Crippen LogP) is 1.68. The lowest BCUT2D eigenvalue weighted by molar-refractivity contribution is -0.126. The first-order valence-corrected chi connectivity index (χ1v) is 9.06. The minimum atomic E-state index is -0.590. The van der Waals surface area contributed by atoms with E-state index in [1.807, 2.05) is 6.26 Å². The quantitative estimate of drug-likeness (QED) is 0.805. The first kappa shape index (κ1) is 17.3. The minimum absolute atomic E-state index is 0.0769. The number of rotatable bonds is 6. The second-order valence-corrected chi connectivity index (χ2v) is 6.38. The van der Waals surface area contributed by atoms with Crippen LogP contribution in [0.25, 0.3) is 0 Å². The van der Waals surface area contributed by atoms with E-state index in [0.29, 0.717) is 28.9 Å². The van der Waals surface area contributed by atoms with Crippen molar-refractivity contribution in [3.8, 4) is 5.75 Å². The number of hydrogen-bond acceptors (Lipinski definition) is 7. The van der Waals surface area contributed by atoms with Crippen LogP contribution in [0.5, 0.6) is 5.75 Å². The van der Waals surface area contributed by atoms with E-state index in [9.17, 15) is 9.59 Å². The zero-order chi connectivity index (χ0) is 17.8. The zero-order valence-corrected chi connectivity index (χ0v) is 14.7. The van der Waals surface area contributed by atoms with Gasteiger partial charge in [-0.3, -0.25) is 9.59 Å². The highest BCUT2D eigenvalue weighted by atomic mass is 32.2. The molecule has 8 nitrogen and oxygen atoms in total. The number of amides is 2. The van der Waals surface area contributed by atoms with Gasteiger partial charge in [0.1, 0.15) is 5.75 Å². The van der Waals surface area contributed by atoms with Gasteiger partial charge in [-0.25, -0.2) is 0 Å². The molecule has 0 spiro atoms. The first-order chi connectivity index (χ1) is 12.1. The van der Waals surface area contributed by atoms with Crippen molar-refractivity contribution in [1.82, 2.24) is 15.5 Å². The fraction of sp³-hybridized carbons (Fsp3) is 0.375. The highest BCUT2D eigenvalue weighted by Gasteiger charge is 2.31. The fourth-order valence-electron chi connectivity index (χ4n) is 2.64. The van der Waals surface area contributed by atoms with E-state index in [4.69, 9.17) is 9.26 Å². The van der Waals surface area contributed by atoms with E-state index >= 15 is 0 Å². The number of methoxy groups -OCH3 is 1. The fourth-order valence-corrected chi connectivity index (χ4v) is 3.01. The van der Waals surface area contributed by atoms with E-state index in [0.717, 1.165) is 5.56 Å². The maximum absolute atomic E-state index is 12.6. The number of benzene rings is 1. The molecule has 1 aliphatic heterocycles. The highest BCUT2D eigenvalue weighted by Crippen LogP contribution is 2.35. The average molecular weight is 362 g/mol. The third-order valence-electron chi connectivity index (χ3n) is 3.81. The summed E-state index contributed by atoms with van der Waals surface area (Å²) in [6.45, 7) is 0.123. The monoisotopic (exact) mass is 362 g/mol. The molecule has 3 rings (SSSR count). The number of fused-ring (bicyclic) bond motifs is 1. The summed E-state index contributed by atoms with van der Waals surface area (Å²) < 4.78 is 10.3. The van der Waals surface area contributed by atoms with Gasteiger partial charge < -0.3 is 19.9 Å². The summed E-state index contributed by atoms with van der Waals surface area (Å²) >= 11 is 1.58. The summed E-state index contributed by atoms with van der Waals surface area (Å²) in [5, 5.41) is 9.36. The third kappa shape index (κ3) is 3.93. The number of anilines is 1. The largest absolute Gasteiger partial charge is 0.497 e. The second-order valence-electron chi connectivity index (χ2n) is 5.51. The lowest BCUT2D eigenvalue weighted by Gasteiger charge is -2.25. The second kappa shape index (κ2) is 7.56. The van der Waals surface area contributed by atoms with Crippen LogP contribution in [0.3, 0.4) is 0 Å². The molecule has 2 aromatic rings. The van der Waals surface area contributed by atoms with E-state index in [1.54, 1.807) is 37.1 Å². The Morgan fingerprint density at radius 2 is 2.36 bits per heavy atom. The standard InChI is InChI=1S/C16H18N4O4S/c1-23-9-3-4-12-10(5-9)11(6-14(21)18-12)16(22)17-7-15-19-13(8-25-2)20-24-15/h3-5,11H,6-8H2,1-2H3,(H,17,22)(H,18,21)/t11-/m1/s1. The van der Waals surface area contributed by atoms with E-state index in [1.165, 1.54) is 0 Å². The van der Waals surface area contributed by atoms with Crippen LogP contribution in [0, 0.1) is 0 Å². The van der Waals surface area contributed by atoms with Crippen molar-refractivity contribution in [3.05, 3.63) is 35.5 Å². The molecule has 0 aliphatic carbocycles. The first-order valence-electron chi connectivity index (χ1n) is 7.66. The van der Waals surface area contributed by atoms with Crippen molar-refractivity contribution in [2.75, 3.05) is 18.7 Å². The van der Waals surface area contributed by atoms with Gasteiger partial charge in [0.15, 0.2) is 5.82 Å². The zero-order valence-electron chi connectivity index (χ0n) is 13.9. The Morgan fingerprint density at radius 3 is 3.12 bits per heavy atom. The lowest BCUT2D eigenvalue weighted by Crippen LogP contribution is -2.34. The topological polar surface area (TPSA) is 106 Å². The molecular formula is C16H18N4O4S. The molecular weight excluding hydrogens is 344 g/mol. The van der Waals surface area contributed by atoms with Crippen LogP contribution in [0.1, 0.15) is 29.6 Å². The van der Waals surface area contributed by atoms with Crippen molar-refractivity contribution in [1.29, 1.82) is 0 Å². The lowest BCUT2D eigenvalue weighted by atomic mass is 9.89. The summed E-state index contributed by atoms with van der Waals surface area (Å²) in [6, 6.07) is 5.24. The van der Waals surface area contributed by atoms with Crippen molar-refractivity contribution >= 4 is 29.3 Å². The van der Waals surface area contributed by atoms with Gasteiger partial charge in [0, 0.05) is 12.1 Å². The van der Waals surface area contributed by atoms with Crippen LogP contribution in [-0.4, -0.2) is 35.3 Å². The molecule has 0 unspecified atom stereocenters. The molecule has 9 heteroatoms. The Morgan fingerprint density at radius 1 is 1.52 bits per heavy atom. The van der Waals surface area contributed by atoms with Crippen molar-refractivity contribution < 1.29 is 18.8 Å². The van der Waals surface area contributed by atoms with Gasteiger partial charge in [0.25, 0.3) is 0 Å². The smallest absolute Gasteiger partial charge is 0.246 e. The number of nitrogens with one attached hydrogen (secondary N) is 2. The average Bonchev–Trinajstić information content (AvgIpc) is 3.06.